The Bertz CT molecular complexity index is 981. The van der Waals surface area contributed by atoms with Gasteiger partial charge < -0.3 is 10.1 Å². The standard InChI is InChI=1S/C23H30N2O4S/c1-17-7-11-21(12-8-17)29-16-19(3)24-23(26)20-10-9-18(2)22(15-20)30(27,28)25-13-5-4-6-14-25/h7-12,15,19H,4-6,13-14,16H2,1-3H3,(H,24,26)/t19-/m1/s1. The number of nitrogens with zero attached hydrogens (tertiary/aromatic N) is 1. The van der Waals surface area contributed by atoms with Gasteiger partial charge in [-0.15, -0.1) is 0 Å². The normalized spacial score (nSPS) is 16.1. The molecule has 1 heterocycles. The molecule has 7 heteroatoms. The van der Waals surface area contributed by atoms with Crippen LogP contribution < -0.4 is 10.1 Å². The molecule has 0 spiro atoms. The first kappa shape index (κ1) is 22.3. The maximum absolute atomic E-state index is 13.1. The number of nitrogens with one attached hydrogen (secondary N) is 1. The third kappa shape index (κ3) is 5.40. The van der Waals surface area contributed by atoms with Gasteiger partial charge in [0, 0.05) is 18.7 Å². The predicted molar refractivity (Wildman–Crippen MR) is 117 cm³/mol. The van der Waals surface area contributed by atoms with Crippen LogP contribution in [0.25, 0.3) is 0 Å². The second kappa shape index (κ2) is 9.62. The largest absolute Gasteiger partial charge is 0.491 e. The average Bonchev–Trinajstić information content (AvgIpc) is 2.74. The quantitative estimate of drug-likeness (QED) is 0.727. The average molecular weight is 431 g/mol. The number of hydrogen-bond acceptors (Lipinski definition) is 4. The van der Waals surface area contributed by atoms with Crippen LogP contribution in [0.2, 0.25) is 0 Å². The minimum absolute atomic E-state index is 0.209. The van der Waals surface area contributed by atoms with Gasteiger partial charge in [-0.1, -0.05) is 30.2 Å². The number of amides is 1. The summed E-state index contributed by atoms with van der Waals surface area (Å²) in [6.07, 6.45) is 2.80. The number of ether oxygens (including phenoxy) is 1. The molecule has 1 amide bonds. The van der Waals surface area contributed by atoms with E-state index in [0.29, 0.717) is 30.8 Å². The summed E-state index contributed by atoms with van der Waals surface area (Å²) in [5.74, 6) is 0.428. The first-order valence-corrected chi connectivity index (χ1v) is 11.8. The lowest BCUT2D eigenvalue weighted by Crippen LogP contribution is -2.37. The highest BCUT2D eigenvalue weighted by molar-refractivity contribution is 7.89. The van der Waals surface area contributed by atoms with Gasteiger partial charge in [0.05, 0.1) is 10.9 Å². The molecule has 0 bridgehead atoms. The molecule has 162 valence electrons. The van der Waals surface area contributed by atoms with Crippen LogP contribution in [0.1, 0.15) is 47.7 Å². The summed E-state index contributed by atoms with van der Waals surface area (Å²) in [5.41, 5.74) is 2.13. The van der Waals surface area contributed by atoms with Crippen molar-refractivity contribution in [2.45, 2.75) is 51.0 Å². The van der Waals surface area contributed by atoms with E-state index in [4.69, 9.17) is 4.74 Å². The molecule has 0 aromatic heterocycles. The van der Waals surface area contributed by atoms with Gasteiger partial charge in [-0.25, -0.2) is 8.42 Å². The Hall–Kier alpha value is -2.38. The molecule has 1 N–H and O–H groups in total. The van der Waals surface area contributed by atoms with Gasteiger partial charge in [-0.2, -0.15) is 4.31 Å². The van der Waals surface area contributed by atoms with E-state index in [2.05, 4.69) is 5.32 Å². The minimum Gasteiger partial charge on any atom is -0.491 e. The lowest BCUT2D eigenvalue weighted by atomic mass is 10.1. The van der Waals surface area contributed by atoms with Crippen molar-refractivity contribution in [3.63, 3.8) is 0 Å². The third-order valence-corrected chi connectivity index (χ3v) is 7.32. The second-order valence-corrected chi connectivity index (χ2v) is 9.85. The number of piperidine rings is 1. The molecule has 0 unspecified atom stereocenters. The van der Waals surface area contributed by atoms with Crippen LogP contribution in [0, 0.1) is 13.8 Å². The number of carbonyl (C=O) groups excluding carboxylic acids is 1. The number of rotatable bonds is 7. The monoisotopic (exact) mass is 430 g/mol. The van der Waals surface area contributed by atoms with Crippen molar-refractivity contribution in [1.82, 2.24) is 9.62 Å². The minimum atomic E-state index is -3.60. The van der Waals surface area contributed by atoms with E-state index in [9.17, 15) is 13.2 Å². The lowest BCUT2D eigenvalue weighted by Gasteiger charge is -2.26. The van der Waals surface area contributed by atoms with E-state index in [1.807, 2.05) is 38.1 Å². The van der Waals surface area contributed by atoms with E-state index in [0.717, 1.165) is 30.6 Å². The smallest absolute Gasteiger partial charge is 0.251 e. The first-order chi connectivity index (χ1) is 14.3. The number of hydrogen-bond donors (Lipinski definition) is 1. The summed E-state index contributed by atoms with van der Waals surface area (Å²) >= 11 is 0. The molecule has 3 rings (SSSR count). The topological polar surface area (TPSA) is 75.7 Å². The van der Waals surface area contributed by atoms with Gasteiger partial charge >= 0.3 is 0 Å². The summed E-state index contributed by atoms with van der Waals surface area (Å²) in [4.78, 5) is 12.9. The Morgan fingerprint density at radius 2 is 1.73 bits per heavy atom. The van der Waals surface area contributed by atoms with Crippen LogP contribution in [-0.4, -0.2) is 44.4 Å². The highest BCUT2D eigenvalue weighted by Crippen LogP contribution is 2.24. The summed E-state index contributed by atoms with van der Waals surface area (Å²) in [5, 5.41) is 2.88. The molecule has 1 aliphatic heterocycles. The fraction of sp³-hybridized carbons (Fsp3) is 0.435. The van der Waals surface area contributed by atoms with E-state index in [1.54, 1.807) is 19.1 Å². The van der Waals surface area contributed by atoms with Gasteiger partial charge in [0.15, 0.2) is 0 Å². The summed E-state index contributed by atoms with van der Waals surface area (Å²) in [7, 11) is -3.60. The Morgan fingerprint density at radius 1 is 1.07 bits per heavy atom. The number of sulfonamides is 1. The Kier molecular flexibility index (Phi) is 7.15. The van der Waals surface area contributed by atoms with Crippen LogP contribution in [0.15, 0.2) is 47.4 Å². The number of carbonyl (C=O) groups is 1. The molecule has 6 nitrogen and oxygen atoms in total. The molecule has 30 heavy (non-hydrogen) atoms. The van der Waals surface area contributed by atoms with Crippen molar-refractivity contribution in [3.8, 4) is 5.75 Å². The Morgan fingerprint density at radius 3 is 2.40 bits per heavy atom. The molecule has 0 saturated carbocycles. The fourth-order valence-corrected chi connectivity index (χ4v) is 5.24. The van der Waals surface area contributed by atoms with Gasteiger partial charge in [0.2, 0.25) is 10.0 Å². The van der Waals surface area contributed by atoms with Gasteiger partial charge in [0.1, 0.15) is 12.4 Å². The van der Waals surface area contributed by atoms with Crippen molar-refractivity contribution in [3.05, 3.63) is 59.2 Å². The molecular formula is C23H30N2O4S. The third-order valence-electron chi connectivity index (χ3n) is 5.28. The van der Waals surface area contributed by atoms with Gasteiger partial charge in [-0.3, -0.25) is 4.79 Å². The molecule has 2 aromatic rings. The van der Waals surface area contributed by atoms with E-state index < -0.39 is 10.0 Å². The van der Waals surface area contributed by atoms with Crippen molar-refractivity contribution < 1.29 is 17.9 Å². The second-order valence-electron chi connectivity index (χ2n) is 7.94. The van der Waals surface area contributed by atoms with Crippen molar-refractivity contribution in [1.29, 1.82) is 0 Å². The van der Waals surface area contributed by atoms with Crippen LogP contribution in [0.3, 0.4) is 0 Å². The van der Waals surface area contributed by atoms with Crippen LogP contribution in [0.4, 0.5) is 0 Å². The molecule has 1 aliphatic rings. The SMILES string of the molecule is Cc1ccc(OC[C@@H](C)NC(=O)c2ccc(C)c(S(=O)(=O)N3CCCCC3)c2)cc1. The van der Waals surface area contributed by atoms with Crippen molar-refractivity contribution >= 4 is 15.9 Å². The lowest BCUT2D eigenvalue weighted by molar-refractivity contribution is 0.0926. The van der Waals surface area contributed by atoms with E-state index >= 15 is 0 Å². The molecule has 0 radical (unpaired) electrons. The van der Waals surface area contributed by atoms with Gasteiger partial charge in [0.25, 0.3) is 5.91 Å². The zero-order chi connectivity index (χ0) is 21.7. The molecule has 0 aliphatic carbocycles. The zero-order valence-corrected chi connectivity index (χ0v) is 18.7. The summed E-state index contributed by atoms with van der Waals surface area (Å²) in [6, 6.07) is 12.3. The van der Waals surface area contributed by atoms with Crippen molar-refractivity contribution in [2.75, 3.05) is 19.7 Å². The Balaban J connectivity index is 1.67. The number of aryl methyl sites for hydroxylation is 2. The fourth-order valence-electron chi connectivity index (χ4n) is 3.47. The highest BCUT2D eigenvalue weighted by atomic mass is 32.2. The molecule has 1 fully saturated rings. The molecule has 1 saturated heterocycles. The number of benzene rings is 2. The summed E-state index contributed by atoms with van der Waals surface area (Å²) in [6.45, 7) is 7.01. The first-order valence-electron chi connectivity index (χ1n) is 10.4. The predicted octanol–water partition coefficient (Wildman–Crippen LogP) is 3.68. The van der Waals surface area contributed by atoms with Crippen LogP contribution in [-0.2, 0) is 10.0 Å². The van der Waals surface area contributed by atoms with Crippen LogP contribution >= 0.6 is 0 Å². The van der Waals surface area contributed by atoms with E-state index in [1.165, 1.54) is 10.4 Å². The van der Waals surface area contributed by atoms with Crippen molar-refractivity contribution in [2.24, 2.45) is 0 Å². The Labute approximate surface area is 179 Å². The van der Waals surface area contributed by atoms with E-state index in [-0.39, 0.29) is 16.8 Å². The molecule has 2 aromatic carbocycles. The highest BCUT2D eigenvalue weighted by Gasteiger charge is 2.28. The maximum atomic E-state index is 13.1. The van der Waals surface area contributed by atoms with Crippen LogP contribution in [0.5, 0.6) is 5.75 Å². The van der Waals surface area contributed by atoms with Gasteiger partial charge in [-0.05, 0) is 63.4 Å². The molecule has 1 atom stereocenters. The maximum Gasteiger partial charge on any atom is 0.251 e. The zero-order valence-electron chi connectivity index (χ0n) is 17.8. The molecular weight excluding hydrogens is 400 g/mol. The summed E-state index contributed by atoms with van der Waals surface area (Å²) < 4.78 is 33.4.